The lowest BCUT2D eigenvalue weighted by atomic mass is 9.97. The van der Waals surface area contributed by atoms with Crippen LogP contribution < -0.4 is 5.32 Å². The Labute approximate surface area is 88.3 Å². The van der Waals surface area contributed by atoms with Crippen LogP contribution in [0.3, 0.4) is 0 Å². The predicted molar refractivity (Wildman–Crippen MR) is 57.9 cm³/mol. The molecule has 4 unspecified atom stereocenters. The zero-order valence-electron chi connectivity index (χ0n) is 7.72. The Balaban J connectivity index is 1.91. The fourth-order valence-corrected chi connectivity index (χ4v) is 4.75. The highest BCUT2D eigenvalue weighted by atomic mass is 35.5. The largest absolute Gasteiger partial charge is 0.316 e. The molecule has 0 aromatic rings. The Morgan fingerprint density at radius 1 is 1.46 bits per heavy atom. The number of alkyl halides is 1. The van der Waals surface area contributed by atoms with Gasteiger partial charge in [-0.3, -0.25) is 0 Å². The van der Waals surface area contributed by atoms with E-state index in [9.17, 15) is 0 Å². The first kappa shape index (κ1) is 8.63. The van der Waals surface area contributed by atoms with Gasteiger partial charge in [0.05, 0.1) is 4.71 Å². The molecule has 3 aliphatic rings. The molecule has 2 aliphatic heterocycles. The molecule has 0 saturated carbocycles. The van der Waals surface area contributed by atoms with E-state index in [2.05, 4.69) is 12.2 Å². The summed E-state index contributed by atoms with van der Waals surface area (Å²) >= 11 is 8.18. The molecule has 2 heterocycles. The van der Waals surface area contributed by atoms with Gasteiger partial charge in [0.15, 0.2) is 0 Å². The van der Waals surface area contributed by atoms with Crippen molar-refractivity contribution in [2.24, 2.45) is 17.8 Å². The van der Waals surface area contributed by atoms with Crippen molar-refractivity contribution < 1.29 is 0 Å². The second-order valence-corrected chi connectivity index (χ2v) is 6.29. The SMILES string of the molecule is CC1C2=C(SC1Cl)C1CNCC1C2. The van der Waals surface area contributed by atoms with Gasteiger partial charge in [0.25, 0.3) is 0 Å². The second-order valence-electron chi connectivity index (χ2n) is 4.38. The van der Waals surface area contributed by atoms with E-state index in [1.807, 2.05) is 11.8 Å². The number of thioether (sulfide) groups is 1. The van der Waals surface area contributed by atoms with Gasteiger partial charge in [0.2, 0.25) is 0 Å². The zero-order chi connectivity index (χ0) is 9.00. The maximum atomic E-state index is 6.26. The summed E-state index contributed by atoms with van der Waals surface area (Å²) in [6, 6.07) is 0. The van der Waals surface area contributed by atoms with Crippen molar-refractivity contribution in [3.05, 3.63) is 10.5 Å². The molecule has 72 valence electrons. The normalized spacial score (nSPS) is 48.5. The molecular formula is C10H14ClNS. The smallest absolute Gasteiger partial charge is 0.0895 e. The lowest BCUT2D eigenvalue weighted by Gasteiger charge is -2.16. The summed E-state index contributed by atoms with van der Waals surface area (Å²) in [6.45, 7) is 4.69. The molecule has 0 bridgehead atoms. The summed E-state index contributed by atoms with van der Waals surface area (Å²) in [7, 11) is 0. The molecule has 1 fully saturated rings. The molecule has 3 heteroatoms. The summed E-state index contributed by atoms with van der Waals surface area (Å²) in [5, 5.41) is 3.48. The van der Waals surface area contributed by atoms with Gasteiger partial charge in [0.1, 0.15) is 0 Å². The van der Waals surface area contributed by atoms with E-state index in [-0.39, 0.29) is 0 Å². The monoisotopic (exact) mass is 215 g/mol. The zero-order valence-corrected chi connectivity index (χ0v) is 9.29. The number of fused-ring (bicyclic) bond motifs is 2. The Bertz CT molecular complexity index is 276. The van der Waals surface area contributed by atoms with Gasteiger partial charge in [0, 0.05) is 18.4 Å². The minimum atomic E-state index is 0.312. The van der Waals surface area contributed by atoms with Crippen LogP contribution in [0.15, 0.2) is 10.5 Å². The number of nitrogens with one attached hydrogen (secondary N) is 1. The van der Waals surface area contributed by atoms with E-state index in [1.54, 1.807) is 10.5 Å². The molecule has 3 rings (SSSR count). The minimum absolute atomic E-state index is 0.312. The molecule has 1 N–H and O–H groups in total. The third-order valence-corrected chi connectivity index (χ3v) is 5.75. The number of allylic oxidation sites excluding steroid dienone is 1. The van der Waals surface area contributed by atoms with Crippen LogP contribution in [-0.4, -0.2) is 17.8 Å². The summed E-state index contributed by atoms with van der Waals surface area (Å²) < 4.78 is 0.312. The maximum Gasteiger partial charge on any atom is 0.0895 e. The lowest BCUT2D eigenvalue weighted by Crippen LogP contribution is -2.11. The van der Waals surface area contributed by atoms with Crippen molar-refractivity contribution in [2.75, 3.05) is 13.1 Å². The Morgan fingerprint density at radius 2 is 2.31 bits per heavy atom. The van der Waals surface area contributed by atoms with E-state index in [1.165, 1.54) is 19.5 Å². The van der Waals surface area contributed by atoms with Crippen molar-refractivity contribution in [3.8, 4) is 0 Å². The third kappa shape index (κ3) is 1.12. The van der Waals surface area contributed by atoms with E-state index in [4.69, 9.17) is 11.6 Å². The van der Waals surface area contributed by atoms with Crippen molar-refractivity contribution in [1.82, 2.24) is 5.32 Å². The Kier molecular flexibility index (Phi) is 1.93. The average molecular weight is 216 g/mol. The molecule has 1 saturated heterocycles. The van der Waals surface area contributed by atoms with Gasteiger partial charge in [-0.15, -0.1) is 23.4 Å². The summed E-state index contributed by atoms with van der Waals surface area (Å²) in [6.07, 6.45) is 1.31. The summed E-state index contributed by atoms with van der Waals surface area (Å²) in [5.74, 6) is 2.32. The topological polar surface area (TPSA) is 12.0 Å². The van der Waals surface area contributed by atoms with Crippen molar-refractivity contribution in [1.29, 1.82) is 0 Å². The fraction of sp³-hybridized carbons (Fsp3) is 0.800. The first-order chi connectivity index (χ1) is 6.27. The van der Waals surface area contributed by atoms with Gasteiger partial charge in [-0.2, -0.15) is 0 Å². The van der Waals surface area contributed by atoms with Crippen LogP contribution in [0.4, 0.5) is 0 Å². The Hall–Kier alpha value is 0.340. The van der Waals surface area contributed by atoms with Crippen molar-refractivity contribution >= 4 is 23.4 Å². The van der Waals surface area contributed by atoms with Crippen LogP contribution in [0.5, 0.6) is 0 Å². The van der Waals surface area contributed by atoms with Crippen LogP contribution in [0.2, 0.25) is 0 Å². The van der Waals surface area contributed by atoms with Crippen LogP contribution in [0.1, 0.15) is 13.3 Å². The molecule has 1 aliphatic carbocycles. The quantitative estimate of drug-likeness (QED) is 0.623. The molecule has 0 spiro atoms. The molecule has 13 heavy (non-hydrogen) atoms. The van der Waals surface area contributed by atoms with E-state index >= 15 is 0 Å². The van der Waals surface area contributed by atoms with Gasteiger partial charge < -0.3 is 5.32 Å². The second kappa shape index (κ2) is 2.91. The highest BCUT2D eigenvalue weighted by Crippen LogP contribution is 2.56. The number of halogens is 1. The molecule has 1 nitrogen and oxygen atoms in total. The fourth-order valence-electron chi connectivity index (χ4n) is 2.83. The minimum Gasteiger partial charge on any atom is -0.316 e. The van der Waals surface area contributed by atoms with Crippen molar-refractivity contribution in [2.45, 2.75) is 18.1 Å². The molecule has 0 aromatic heterocycles. The molecule has 0 aromatic carbocycles. The van der Waals surface area contributed by atoms with E-state index in [0.29, 0.717) is 10.6 Å². The van der Waals surface area contributed by atoms with Crippen LogP contribution in [0.25, 0.3) is 0 Å². The van der Waals surface area contributed by atoms with Gasteiger partial charge in [-0.1, -0.05) is 12.5 Å². The highest BCUT2D eigenvalue weighted by molar-refractivity contribution is 8.05. The van der Waals surface area contributed by atoms with Crippen molar-refractivity contribution in [3.63, 3.8) is 0 Å². The number of hydrogen-bond donors (Lipinski definition) is 1. The maximum absolute atomic E-state index is 6.26. The molecule has 0 amide bonds. The third-order valence-electron chi connectivity index (χ3n) is 3.66. The molecule has 0 radical (unpaired) electrons. The standard InChI is InChI=1S/C10H14ClNS/c1-5-7-2-6-3-12-4-8(6)9(7)13-10(5)11/h5-6,8,10,12H,2-4H2,1H3. The van der Waals surface area contributed by atoms with Crippen LogP contribution in [0, 0.1) is 17.8 Å². The van der Waals surface area contributed by atoms with E-state index in [0.717, 1.165) is 11.8 Å². The number of rotatable bonds is 0. The summed E-state index contributed by atoms with van der Waals surface area (Å²) in [4.78, 5) is 1.64. The molecular weight excluding hydrogens is 202 g/mol. The summed E-state index contributed by atoms with van der Waals surface area (Å²) in [5.41, 5.74) is 1.68. The first-order valence-corrected chi connectivity index (χ1v) is 6.33. The van der Waals surface area contributed by atoms with Crippen LogP contribution in [-0.2, 0) is 0 Å². The van der Waals surface area contributed by atoms with E-state index < -0.39 is 0 Å². The van der Waals surface area contributed by atoms with Gasteiger partial charge >= 0.3 is 0 Å². The first-order valence-electron chi connectivity index (χ1n) is 5.01. The number of hydrogen-bond acceptors (Lipinski definition) is 2. The average Bonchev–Trinajstić information content (AvgIpc) is 2.70. The molecule has 4 atom stereocenters. The highest BCUT2D eigenvalue weighted by Gasteiger charge is 2.45. The predicted octanol–water partition coefficient (Wildman–Crippen LogP) is 2.43. The lowest BCUT2D eigenvalue weighted by molar-refractivity contribution is 0.511. The van der Waals surface area contributed by atoms with Gasteiger partial charge in [-0.25, -0.2) is 0 Å². The Morgan fingerprint density at radius 3 is 3.15 bits per heavy atom. The van der Waals surface area contributed by atoms with Gasteiger partial charge in [-0.05, 0) is 23.8 Å². The van der Waals surface area contributed by atoms with Crippen LogP contribution >= 0.6 is 23.4 Å².